The summed E-state index contributed by atoms with van der Waals surface area (Å²) >= 11 is 0. The van der Waals surface area contributed by atoms with Gasteiger partial charge in [0.2, 0.25) is 0 Å². The molecule has 0 saturated carbocycles. The summed E-state index contributed by atoms with van der Waals surface area (Å²) in [6.45, 7) is 8.50. The van der Waals surface area contributed by atoms with Crippen molar-refractivity contribution in [3.63, 3.8) is 0 Å². The first-order valence-electron chi connectivity index (χ1n) is 5.25. The van der Waals surface area contributed by atoms with E-state index in [1.165, 1.54) is 32.5 Å². The van der Waals surface area contributed by atoms with Crippen LogP contribution in [0.15, 0.2) is 0 Å². The molecule has 2 nitrogen and oxygen atoms in total. The van der Waals surface area contributed by atoms with Crippen LogP contribution in [-0.4, -0.2) is 36.6 Å². The summed E-state index contributed by atoms with van der Waals surface area (Å²) in [5, 5.41) is 3.48. The van der Waals surface area contributed by atoms with E-state index in [9.17, 15) is 0 Å². The molecule has 0 spiro atoms. The van der Waals surface area contributed by atoms with Crippen molar-refractivity contribution in [1.82, 2.24) is 10.2 Å². The lowest BCUT2D eigenvalue weighted by Gasteiger charge is -2.30. The maximum Gasteiger partial charge on any atom is 0.0261 e. The number of nitrogens with zero attached hydrogens (tertiary/aromatic N) is 1. The summed E-state index contributed by atoms with van der Waals surface area (Å²) < 4.78 is 0. The maximum atomic E-state index is 3.48. The van der Waals surface area contributed by atoms with Gasteiger partial charge in [0.05, 0.1) is 0 Å². The first-order chi connectivity index (χ1) is 5.79. The van der Waals surface area contributed by atoms with Gasteiger partial charge in [-0.25, -0.2) is 0 Å². The Hall–Kier alpha value is -0.0800. The molecule has 0 aromatic heterocycles. The number of nitrogens with one attached hydrogen (secondary N) is 1. The van der Waals surface area contributed by atoms with Crippen LogP contribution in [0.5, 0.6) is 0 Å². The zero-order valence-electron chi connectivity index (χ0n) is 8.21. The number of hydrogen-bond acceptors (Lipinski definition) is 2. The van der Waals surface area contributed by atoms with E-state index in [1.54, 1.807) is 0 Å². The third-order valence-corrected chi connectivity index (χ3v) is 3.51. The SMILES string of the molecule is CC1CNCC1N1CCCC1C. The molecule has 2 heterocycles. The molecular weight excluding hydrogens is 148 g/mol. The van der Waals surface area contributed by atoms with Crippen molar-refractivity contribution >= 4 is 0 Å². The first-order valence-corrected chi connectivity index (χ1v) is 5.25. The number of rotatable bonds is 1. The highest BCUT2D eigenvalue weighted by Gasteiger charge is 2.33. The largest absolute Gasteiger partial charge is 0.315 e. The number of hydrogen-bond donors (Lipinski definition) is 1. The van der Waals surface area contributed by atoms with E-state index in [2.05, 4.69) is 24.1 Å². The van der Waals surface area contributed by atoms with Crippen LogP contribution in [0.1, 0.15) is 26.7 Å². The molecule has 0 aromatic rings. The van der Waals surface area contributed by atoms with Crippen LogP contribution < -0.4 is 5.32 Å². The second-order valence-electron chi connectivity index (χ2n) is 4.43. The van der Waals surface area contributed by atoms with Gasteiger partial charge in [-0.1, -0.05) is 6.92 Å². The highest BCUT2D eigenvalue weighted by molar-refractivity contribution is 4.90. The zero-order valence-corrected chi connectivity index (χ0v) is 8.21. The molecule has 2 aliphatic rings. The molecule has 12 heavy (non-hydrogen) atoms. The van der Waals surface area contributed by atoms with Crippen molar-refractivity contribution in [2.45, 2.75) is 38.8 Å². The van der Waals surface area contributed by atoms with Crippen LogP contribution in [-0.2, 0) is 0 Å². The van der Waals surface area contributed by atoms with Gasteiger partial charge < -0.3 is 5.32 Å². The van der Waals surface area contributed by atoms with E-state index in [1.807, 2.05) is 0 Å². The fourth-order valence-corrected chi connectivity index (χ4v) is 2.69. The van der Waals surface area contributed by atoms with Gasteiger partial charge in [-0.3, -0.25) is 4.90 Å². The Morgan fingerprint density at radius 3 is 2.58 bits per heavy atom. The lowest BCUT2D eigenvalue weighted by molar-refractivity contribution is 0.172. The minimum atomic E-state index is 0.822. The number of likely N-dealkylation sites (tertiary alicyclic amines) is 1. The van der Waals surface area contributed by atoms with Gasteiger partial charge >= 0.3 is 0 Å². The molecule has 2 rings (SSSR count). The predicted octanol–water partition coefficient (Wildman–Crippen LogP) is 1.08. The Balaban J connectivity index is 1.98. The van der Waals surface area contributed by atoms with Crippen molar-refractivity contribution in [2.24, 2.45) is 5.92 Å². The van der Waals surface area contributed by atoms with Crippen molar-refractivity contribution < 1.29 is 0 Å². The van der Waals surface area contributed by atoms with Crippen LogP contribution >= 0.6 is 0 Å². The van der Waals surface area contributed by atoms with Crippen molar-refractivity contribution in [2.75, 3.05) is 19.6 Å². The molecule has 70 valence electrons. The summed E-state index contributed by atoms with van der Waals surface area (Å²) in [4.78, 5) is 2.70. The zero-order chi connectivity index (χ0) is 8.55. The van der Waals surface area contributed by atoms with Crippen molar-refractivity contribution in [1.29, 1.82) is 0 Å². The standard InChI is InChI=1S/C10H20N2/c1-8-6-11-7-10(8)12-5-3-4-9(12)2/h8-11H,3-7H2,1-2H3. The molecule has 3 atom stereocenters. The summed E-state index contributed by atoms with van der Waals surface area (Å²) in [7, 11) is 0. The summed E-state index contributed by atoms with van der Waals surface area (Å²) in [6.07, 6.45) is 2.81. The second-order valence-corrected chi connectivity index (χ2v) is 4.43. The van der Waals surface area contributed by atoms with Gasteiger partial charge in [-0.15, -0.1) is 0 Å². The molecule has 3 unspecified atom stereocenters. The Morgan fingerprint density at radius 1 is 1.25 bits per heavy atom. The molecule has 2 saturated heterocycles. The average molecular weight is 168 g/mol. The minimum Gasteiger partial charge on any atom is -0.315 e. The van der Waals surface area contributed by atoms with E-state index in [4.69, 9.17) is 0 Å². The Kier molecular flexibility index (Phi) is 2.37. The molecule has 0 amide bonds. The first kappa shape index (κ1) is 8.52. The fourth-order valence-electron chi connectivity index (χ4n) is 2.69. The Labute approximate surface area is 75.3 Å². The van der Waals surface area contributed by atoms with E-state index in [-0.39, 0.29) is 0 Å². The van der Waals surface area contributed by atoms with Crippen molar-refractivity contribution in [3.05, 3.63) is 0 Å². The van der Waals surface area contributed by atoms with Crippen LogP contribution in [0.25, 0.3) is 0 Å². The summed E-state index contributed by atoms with van der Waals surface area (Å²) in [6, 6.07) is 1.65. The van der Waals surface area contributed by atoms with Crippen LogP contribution in [0, 0.1) is 5.92 Å². The quantitative estimate of drug-likeness (QED) is 0.630. The topological polar surface area (TPSA) is 15.3 Å². The third kappa shape index (κ3) is 1.38. The summed E-state index contributed by atoms with van der Waals surface area (Å²) in [5.41, 5.74) is 0. The van der Waals surface area contributed by atoms with Crippen LogP contribution in [0.4, 0.5) is 0 Å². The normalized spacial score (nSPS) is 44.0. The minimum absolute atomic E-state index is 0.822. The monoisotopic (exact) mass is 168 g/mol. The highest BCUT2D eigenvalue weighted by atomic mass is 15.2. The average Bonchev–Trinajstić information content (AvgIpc) is 2.59. The molecule has 0 aliphatic carbocycles. The van der Waals surface area contributed by atoms with Gasteiger partial charge in [0.15, 0.2) is 0 Å². The molecule has 0 bridgehead atoms. The van der Waals surface area contributed by atoms with Gasteiger partial charge in [-0.05, 0) is 38.8 Å². The smallest absolute Gasteiger partial charge is 0.0261 e. The fraction of sp³-hybridized carbons (Fsp3) is 1.00. The summed E-state index contributed by atoms with van der Waals surface area (Å²) in [5.74, 6) is 0.852. The van der Waals surface area contributed by atoms with Gasteiger partial charge in [0.25, 0.3) is 0 Å². The predicted molar refractivity (Wildman–Crippen MR) is 51.2 cm³/mol. The van der Waals surface area contributed by atoms with Gasteiger partial charge in [0.1, 0.15) is 0 Å². The van der Waals surface area contributed by atoms with E-state index in [0.29, 0.717) is 0 Å². The highest BCUT2D eigenvalue weighted by Crippen LogP contribution is 2.24. The van der Waals surface area contributed by atoms with Gasteiger partial charge in [-0.2, -0.15) is 0 Å². The molecular formula is C10H20N2. The molecule has 0 radical (unpaired) electrons. The third-order valence-electron chi connectivity index (χ3n) is 3.51. The van der Waals surface area contributed by atoms with Gasteiger partial charge in [0, 0.05) is 18.6 Å². The second kappa shape index (κ2) is 3.35. The molecule has 2 heteroatoms. The molecule has 1 N–H and O–H groups in total. The van der Waals surface area contributed by atoms with E-state index < -0.39 is 0 Å². The lowest BCUT2D eigenvalue weighted by atomic mass is 10.0. The molecule has 2 fully saturated rings. The van der Waals surface area contributed by atoms with Crippen molar-refractivity contribution in [3.8, 4) is 0 Å². The Bertz CT molecular complexity index is 140. The lowest BCUT2D eigenvalue weighted by Crippen LogP contribution is -2.41. The van der Waals surface area contributed by atoms with Crippen LogP contribution in [0.2, 0.25) is 0 Å². The molecule has 2 aliphatic heterocycles. The Morgan fingerprint density at radius 2 is 2.08 bits per heavy atom. The van der Waals surface area contributed by atoms with Crippen LogP contribution in [0.3, 0.4) is 0 Å². The van der Waals surface area contributed by atoms with E-state index >= 15 is 0 Å². The van der Waals surface area contributed by atoms with E-state index in [0.717, 1.165) is 18.0 Å². The maximum absolute atomic E-state index is 3.48. The molecule has 0 aromatic carbocycles.